The van der Waals surface area contributed by atoms with E-state index >= 15 is 0 Å². The summed E-state index contributed by atoms with van der Waals surface area (Å²) in [5.74, 6) is 2.55. The minimum Gasteiger partial charge on any atom is -0.497 e. The number of carbonyl (C=O) groups is 1. The first-order valence-corrected chi connectivity index (χ1v) is 9.76. The number of hydrogen-bond acceptors (Lipinski definition) is 5. The van der Waals surface area contributed by atoms with Gasteiger partial charge in [-0.3, -0.25) is 15.6 Å². The number of halogens is 1. The van der Waals surface area contributed by atoms with Crippen LogP contribution in [0.15, 0.2) is 53.5 Å². The van der Waals surface area contributed by atoms with Crippen molar-refractivity contribution in [3.05, 3.63) is 64.6 Å². The fourth-order valence-corrected chi connectivity index (χ4v) is 3.42. The highest BCUT2D eigenvalue weighted by Gasteiger charge is 2.06. The summed E-state index contributed by atoms with van der Waals surface area (Å²) < 4.78 is 11.1. The zero-order chi connectivity index (χ0) is 18.9. The van der Waals surface area contributed by atoms with Gasteiger partial charge < -0.3 is 9.47 Å². The normalized spacial score (nSPS) is 10.1. The molecule has 2 aromatic carbocycles. The summed E-state index contributed by atoms with van der Waals surface area (Å²) >= 11 is 4.96. The van der Waals surface area contributed by atoms with Crippen LogP contribution in [0.25, 0.3) is 5.70 Å². The number of rotatable bonds is 9. The summed E-state index contributed by atoms with van der Waals surface area (Å²) in [4.78, 5) is 12.0. The van der Waals surface area contributed by atoms with Crippen LogP contribution in [0.3, 0.4) is 0 Å². The molecule has 26 heavy (non-hydrogen) atoms. The second-order valence-electron chi connectivity index (χ2n) is 5.34. The molecule has 0 radical (unpaired) electrons. The second-order valence-corrected chi connectivity index (χ2v) is 7.18. The molecule has 0 atom stereocenters. The second kappa shape index (κ2) is 10.1. The highest BCUT2D eigenvalue weighted by molar-refractivity contribution is 9.10. The number of ether oxygens (including phenoxy) is 2. The van der Waals surface area contributed by atoms with Crippen molar-refractivity contribution in [1.29, 1.82) is 0 Å². The van der Waals surface area contributed by atoms with Crippen molar-refractivity contribution >= 4 is 39.3 Å². The SMILES string of the molecule is C=C(NNC(=O)CSCc1ccc(OC)cc1)c1ccc(OC)c(Br)c1. The Morgan fingerprint density at radius 2 is 1.85 bits per heavy atom. The Bertz CT molecular complexity index is 766. The molecule has 0 saturated heterocycles. The first-order valence-electron chi connectivity index (χ1n) is 7.82. The zero-order valence-electron chi connectivity index (χ0n) is 14.7. The molecule has 138 valence electrons. The Hall–Kier alpha value is -2.12. The van der Waals surface area contributed by atoms with E-state index in [2.05, 4.69) is 33.4 Å². The Morgan fingerprint density at radius 1 is 1.12 bits per heavy atom. The Kier molecular flexibility index (Phi) is 7.87. The first-order chi connectivity index (χ1) is 12.5. The van der Waals surface area contributed by atoms with Gasteiger partial charge in [0.15, 0.2) is 0 Å². The molecule has 0 spiro atoms. The summed E-state index contributed by atoms with van der Waals surface area (Å²) in [6.07, 6.45) is 0. The quantitative estimate of drug-likeness (QED) is 0.581. The minimum atomic E-state index is -0.114. The Labute approximate surface area is 166 Å². The van der Waals surface area contributed by atoms with Gasteiger partial charge in [-0.15, -0.1) is 11.8 Å². The summed E-state index contributed by atoms with van der Waals surface area (Å²) in [6, 6.07) is 13.4. The van der Waals surface area contributed by atoms with Crippen molar-refractivity contribution in [2.75, 3.05) is 20.0 Å². The van der Waals surface area contributed by atoms with E-state index in [4.69, 9.17) is 9.47 Å². The van der Waals surface area contributed by atoms with Gasteiger partial charge in [-0.25, -0.2) is 0 Å². The third-order valence-corrected chi connectivity index (χ3v) is 5.14. The van der Waals surface area contributed by atoms with Gasteiger partial charge in [0.05, 0.1) is 30.1 Å². The van der Waals surface area contributed by atoms with Crippen LogP contribution in [0.1, 0.15) is 11.1 Å². The molecule has 1 amide bonds. The van der Waals surface area contributed by atoms with Crippen LogP contribution < -0.4 is 20.3 Å². The molecule has 5 nitrogen and oxygen atoms in total. The van der Waals surface area contributed by atoms with E-state index in [9.17, 15) is 4.79 Å². The topological polar surface area (TPSA) is 59.6 Å². The number of benzene rings is 2. The van der Waals surface area contributed by atoms with E-state index in [1.54, 1.807) is 14.2 Å². The highest BCUT2D eigenvalue weighted by atomic mass is 79.9. The maximum absolute atomic E-state index is 12.0. The van der Waals surface area contributed by atoms with Crippen molar-refractivity contribution in [2.45, 2.75) is 5.75 Å². The third kappa shape index (κ3) is 6.00. The van der Waals surface area contributed by atoms with Gasteiger partial charge in [-0.05, 0) is 51.8 Å². The molecule has 2 rings (SSSR count). The van der Waals surface area contributed by atoms with Gasteiger partial charge >= 0.3 is 0 Å². The molecule has 0 aromatic heterocycles. The number of methoxy groups -OCH3 is 2. The lowest BCUT2D eigenvalue weighted by Crippen LogP contribution is -2.37. The van der Waals surface area contributed by atoms with Crippen molar-refractivity contribution in [3.63, 3.8) is 0 Å². The van der Waals surface area contributed by atoms with Crippen molar-refractivity contribution in [2.24, 2.45) is 0 Å². The maximum Gasteiger partial charge on any atom is 0.248 e. The van der Waals surface area contributed by atoms with Crippen LogP contribution in [0.2, 0.25) is 0 Å². The zero-order valence-corrected chi connectivity index (χ0v) is 17.1. The fraction of sp³-hybridized carbons (Fsp3) is 0.211. The lowest BCUT2D eigenvalue weighted by molar-refractivity contribution is -0.119. The molecular weight excluding hydrogens is 416 g/mol. The average Bonchev–Trinajstić information content (AvgIpc) is 2.66. The summed E-state index contributed by atoms with van der Waals surface area (Å²) in [6.45, 7) is 3.93. The third-order valence-electron chi connectivity index (χ3n) is 3.51. The molecular formula is C19H21BrN2O3S. The van der Waals surface area contributed by atoms with Crippen LogP contribution in [0, 0.1) is 0 Å². The smallest absolute Gasteiger partial charge is 0.248 e. The van der Waals surface area contributed by atoms with Gasteiger partial charge in [0.25, 0.3) is 0 Å². The maximum atomic E-state index is 12.0. The van der Waals surface area contributed by atoms with Gasteiger partial charge in [-0.2, -0.15) is 0 Å². The molecule has 0 fully saturated rings. The van der Waals surface area contributed by atoms with E-state index in [1.165, 1.54) is 11.8 Å². The van der Waals surface area contributed by atoms with E-state index < -0.39 is 0 Å². The molecule has 7 heteroatoms. The van der Waals surface area contributed by atoms with E-state index in [-0.39, 0.29) is 5.91 Å². The number of thioether (sulfide) groups is 1. The number of hydrazine groups is 1. The summed E-state index contributed by atoms with van der Waals surface area (Å²) in [7, 11) is 3.25. The van der Waals surface area contributed by atoms with Crippen LogP contribution >= 0.6 is 27.7 Å². The van der Waals surface area contributed by atoms with Crippen LogP contribution in [-0.2, 0) is 10.5 Å². The van der Waals surface area contributed by atoms with Crippen molar-refractivity contribution in [3.8, 4) is 11.5 Å². The minimum absolute atomic E-state index is 0.114. The van der Waals surface area contributed by atoms with Gasteiger partial charge in [0.2, 0.25) is 5.91 Å². The summed E-state index contributed by atoms with van der Waals surface area (Å²) in [5.41, 5.74) is 8.09. The van der Waals surface area contributed by atoms with E-state index in [0.29, 0.717) is 11.4 Å². The number of amides is 1. The molecule has 0 saturated carbocycles. The Balaban J connectivity index is 1.73. The number of nitrogens with one attached hydrogen (secondary N) is 2. The predicted molar refractivity (Wildman–Crippen MR) is 110 cm³/mol. The predicted octanol–water partition coefficient (Wildman–Crippen LogP) is 3.99. The van der Waals surface area contributed by atoms with Gasteiger partial charge in [0, 0.05) is 11.3 Å². The molecule has 0 heterocycles. The van der Waals surface area contributed by atoms with E-state index in [0.717, 1.165) is 32.9 Å². The lowest BCUT2D eigenvalue weighted by atomic mass is 10.2. The molecule has 0 aliphatic rings. The molecule has 2 N–H and O–H groups in total. The fourth-order valence-electron chi connectivity index (χ4n) is 2.09. The number of hydrogen-bond donors (Lipinski definition) is 2. The number of carbonyl (C=O) groups excluding carboxylic acids is 1. The largest absolute Gasteiger partial charge is 0.497 e. The standard InChI is InChI=1S/C19H21BrN2O3S/c1-13(15-6-9-18(25-3)17(20)10-15)21-22-19(23)12-26-11-14-4-7-16(24-2)8-5-14/h4-10,21H,1,11-12H2,2-3H3,(H,22,23). The average molecular weight is 437 g/mol. The highest BCUT2D eigenvalue weighted by Crippen LogP contribution is 2.27. The molecule has 0 aliphatic carbocycles. The summed E-state index contributed by atoms with van der Waals surface area (Å²) in [5, 5.41) is 0. The molecule has 2 aromatic rings. The van der Waals surface area contributed by atoms with Crippen LogP contribution in [0.4, 0.5) is 0 Å². The van der Waals surface area contributed by atoms with Gasteiger partial charge in [0.1, 0.15) is 11.5 Å². The Morgan fingerprint density at radius 3 is 2.46 bits per heavy atom. The van der Waals surface area contributed by atoms with Crippen molar-refractivity contribution < 1.29 is 14.3 Å². The monoisotopic (exact) mass is 436 g/mol. The van der Waals surface area contributed by atoms with Crippen LogP contribution in [0.5, 0.6) is 11.5 Å². The molecule has 0 unspecified atom stereocenters. The van der Waals surface area contributed by atoms with Crippen molar-refractivity contribution in [1.82, 2.24) is 10.9 Å². The lowest BCUT2D eigenvalue weighted by Gasteiger charge is -2.12. The van der Waals surface area contributed by atoms with Gasteiger partial charge in [-0.1, -0.05) is 18.7 Å². The van der Waals surface area contributed by atoms with Crippen LogP contribution in [-0.4, -0.2) is 25.9 Å². The molecule has 0 aliphatic heterocycles. The molecule has 0 bridgehead atoms. The first kappa shape index (κ1) is 20.2. The van der Waals surface area contributed by atoms with E-state index in [1.807, 2.05) is 42.5 Å².